The van der Waals surface area contributed by atoms with Gasteiger partial charge in [0.15, 0.2) is 0 Å². The predicted molar refractivity (Wildman–Crippen MR) is 147 cm³/mol. The van der Waals surface area contributed by atoms with Crippen molar-refractivity contribution >= 4 is 17.1 Å². The lowest BCUT2D eigenvalue weighted by molar-refractivity contribution is 0.199. The van der Waals surface area contributed by atoms with Crippen molar-refractivity contribution in [1.29, 1.82) is 0 Å². The molecule has 4 nitrogen and oxygen atoms in total. The van der Waals surface area contributed by atoms with Crippen LogP contribution in [-0.2, 0) is 17.7 Å². The van der Waals surface area contributed by atoms with E-state index in [0.717, 1.165) is 45.8 Å². The third kappa shape index (κ3) is 5.72. The molecule has 0 aromatic carbocycles. The lowest BCUT2D eigenvalue weighted by Crippen LogP contribution is -2.51. The largest absolute Gasteiger partial charge is 0.397 e. The molecule has 0 aromatic heterocycles. The van der Waals surface area contributed by atoms with Crippen molar-refractivity contribution in [2.24, 2.45) is 23.7 Å². The summed E-state index contributed by atoms with van der Waals surface area (Å²) in [5.74, 6) is 3.34. The molecule has 0 N–H and O–H groups in total. The molecule has 4 saturated carbocycles. The Morgan fingerprint density at radius 2 is 0.853 bits per heavy atom. The van der Waals surface area contributed by atoms with Gasteiger partial charge >= 0.3 is 17.1 Å². The maximum atomic E-state index is 6.11. The van der Waals surface area contributed by atoms with Crippen LogP contribution in [0.3, 0.4) is 0 Å². The molecule has 0 aromatic rings. The first-order valence-corrected chi connectivity index (χ1v) is 18.4. The smallest absolute Gasteiger partial charge is 0.344 e. The van der Waals surface area contributed by atoms with Gasteiger partial charge in [-0.2, -0.15) is 0 Å². The Balaban J connectivity index is 0.000000191. The first kappa shape index (κ1) is 28.8. The quantitative estimate of drug-likeness (QED) is 0.307. The summed E-state index contributed by atoms with van der Waals surface area (Å²) in [4.78, 5) is 0. The van der Waals surface area contributed by atoms with Crippen LogP contribution in [-0.4, -0.2) is 45.6 Å². The van der Waals surface area contributed by atoms with Crippen molar-refractivity contribution in [3.8, 4) is 0 Å². The molecule has 8 atom stereocenters. The van der Waals surface area contributed by atoms with Crippen LogP contribution in [0.4, 0.5) is 0 Å². The second kappa shape index (κ2) is 12.7. The summed E-state index contributed by atoms with van der Waals surface area (Å²) in [7, 11) is 3.66. The predicted octanol–water partition coefficient (Wildman–Crippen LogP) is 8.20. The Kier molecular flexibility index (Phi) is 10.8. The molecule has 8 unspecified atom stereocenters. The zero-order valence-corrected chi connectivity index (χ0v) is 25.7. The molecule has 200 valence electrons. The number of hydrogen-bond donors (Lipinski definition) is 0. The van der Waals surface area contributed by atoms with Crippen LogP contribution >= 0.6 is 0 Å². The lowest BCUT2D eigenvalue weighted by atomic mass is 10.1. The molecular formula is C28H56O4Si2. The van der Waals surface area contributed by atoms with Gasteiger partial charge in [-0.25, -0.2) is 0 Å². The molecule has 0 bridgehead atoms. The maximum Gasteiger partial charge on any atom is 0.344 e. The average molecular weight is 513 g/mol. The summed E-state index contributed by atoms with van der Waals surface area (Å²) >= 11 is 0. The van der Waals surface area contributed by atoms with Gasteiger partial charge in [0.1, 0.15) is 0 Å². The summed E-state index contributed by atoms with van der Waals surface area (Å²) in [6.45, 7) is 9.55. The molecule has 0 amide bonds. The van der Waals surface area contributed by atoms with Crippen molar-refractivity contribution in [1.82, 2.24) is 0 Å². The van der Waals surface area contributed by atoms with Crippen LogP contribution in [0.1, 0.15) is 105 Å². The summed E-state index contributed by atoms with van der Waals surface area (Å²) in [5, 5.41) is 0. The van der Waals surface area contributed by atoms with Crippen LogP contribution in [0.5, 0.6) is 0 Å². The minimum absolute atomic E-state index is 0.725. The van der Waals surface area contributed by atoms with Gasteiger partial charge in [0.25, 0.3) is 0 Å². The van der Waals surface area contributed by atoms with Gasteiger partial charge in [0, 0.05) is 50.6 Å². The van der Waals surface area contributed by atoms with Crippen LogP contribution in [0.2, 0.25) is 22.2 Å². The van der Waals surface area contributed by atoms with E-state index in [1.807, 2.05) is 28.4 Å². The second-order valence-corrected chi connectivity index (χ2v) is 20.2. The monoisotopic (exact) mass is 512 g/mol. The van der Waals surface area contributed by atoms with E-state index in [4.69, 9.17) is 17.7 Å². The van der Waals surface area contributed by atoms with Gasteiger partial charge in [-0.05, 0) is 62.2 Å². The molecule has 0 saturated heterocycles. The lowest BCUT2D eigenvalue weighted by Gasteiger charge is -2.41. The van der Waals surface area contributed by atoms with Crippen molar-refractivity contribution in [2.45, 2.75) is 127 Å². The average Bonchev–Trinajstić information content (AvgIpc) is 3.64. The summed E-state index contributed by atoms with van der Waals surface area (Å²) in [6.07, 6.45) is 16.2. The molecule has 4 fully saturated rings. The third-order valence-electron chi connectivity index (χ3n) is 10.6. The molecule has 0 aliphatic heterocycles. The standard InChI is InChI=1S/2C14H28O2Si/c1-11-5-7-13(9-11)17(15-3,16-4)14-8-6-12(2)10-14;1-11-7-5-9-13(11)17(15-3,16-4)14-10-6-8-12(14)2/h2*11-14H,5-10H2,1-4H3. The number of hydrogen-bond acceptors (Lipinski definition) is 4. The van der Waals surface area contributed by atoms with Gasteiger partial charge in [0.05, 0.1) is 0 Å². The Labute approximate surface area is 213 Å². The van der Waals surface area contributed by atoms with Crippen molar-refractivity contribution in [3.63, 3.8) is 0 Å². The van der Waals surface area contributed by atoms with E-state index in [9.17, 15) is 0 Å². The van der Waals surface area contributed by atoms with Crippen LogP contribution in [0, 0.1) is 23.7 Å². The van der Waals surface area contributed by atoms with Gasteiger partial charge in [0.2, 0.25) is 0 Å². The molecule has 0 heterocycles. The maximum absolute atomic E-state index is 6.11. The Bertz CT molecular complexity index is 565. The molecule has 0 radical (unpaired) electrons. The fraction of sp³-hybridized carbons (Fsp3) is 1.00. The van der Waals surface area contributed by atoms with E-state index in [-0.39, 0.29) is 0 Å². The van der Waals surface area contributed by atoms with E-state index in [1.54, 1.807) is 0 Å². The van der Waals surface area contributed by atoms with Gasteiger partial charge in [-0.1, -0.05) is 66.2 Å². The molecule has 34 heavy (non-hydrogen) atoms. The highest BCUT2D eigenvalue weighted by atomic mass is 28.4. The summed E-state index contributed by atoms with van der Waals surface area (Å²) in [6, 6.07) is 0. The SMILES string of the molecule is CO[Si](OC)(C1CCC(C)C1)C1CCC(C)C1.CO[Si](OC)(C1CCCC1C)C1CCCC1C. The zero-order valence-electron chi connectivity index (χ0n) is 23.7. The third-order valence-corrected chi connectivity index (χ3v) is 20.2. The topological polar surface area (TPSA) is 36.9 Å². The van der Waals surface area contributed by atoms with Crippen molar-refractivity contribution in [3.05, 3.63) is 0 Å². The zero-order chi connectivity index (χ0) is 24.9. The summed E-state index contributed by atoms with van der Waals surface area (Å²) < 4.78 is 24.4. The van der Waals surface area contributed by atoms with Crippen LogP contribution in [0.25, 0.3) is 0 Å². The Hall–Kier alpha value is 0.274. The van der Waals surface area contributed by atoms with E-state index in [1.165, 1.54) is 77.0 Å². The highest BCUT2D eigenvalue weighted by Gasteiger charge is 2.56. The van der Waals surface area contributed by atoms with E-state index in [2.05, 4.69) is 27.7 Å². The summed E-state index contributed by atoms with van der Waals surface area (Å²) in [5.41, 5.74) is 2.93. The van der Waals surface area contributed by atoms with Gasteiger partial charge in [-0.3, -0.25) is 0 Å². The van der Waals surface area contributed by atoms with Gasteiger partial charge < -0.3 is 17.7 Å². The molecule has 6 heteroatoms. The fourth-order valence-corrected chi connectivity index (χ4v) is 18.5. The Morgan fingerprint density at radius 1 is 0.471 bits per heavy atom. The molecule has 4 aliphatic rings. The van der Waals surface area contributed by atoms with E-state index >= 15 is 0 Å². The Morgan fingerprint density at radius 3 is 1.09 bits per heavy atom. The van der Waals surface area contributed by atoms with Crippen molar-refractivity contribution in [2.75, 3.05) is 28.4 Å². The molecule has 4 aliphatic carbocycles. The molecular weight excluding hydrogens is 456 g/mol. The minimum atomic E-state index is -2.00. The highest BCUT2D eigenvalue weighted by molar-refractivity contribution is 6.71. The van der Waals surface area contributed by atoms with E-state index in [0.29, 0.717) is 0 Å². The van der Waals surface area contributed by atoms with Crippen LogP contribution in [0.15, 0.2) is 0 Å². The fourth-order valence-electron chi connectivity index (χ4n) is 8.68. The first-order valence-electron chi connectivity index (χ1n) is 14.5. The molecule has 0 spiro atoms. The van der Waals surface area contributed by atoms with Gasteiger partial charge in [-0.15, -0.1) is 0 Å². The molecule has 4 rings (SSSR count). The van der Waals surface area contributed by atoms with Crippen molar-refractivity contribution < 1.29 is 17.7 Å². The highest BCUT2D eigenvalue weighted by Crippen LogP contribution is 2.55. The first-order chi connectivity index (χ1) is 16.3. The number of rotatable bonds is 8. The van der Waals surface area contributed by atoms with E-state index < -0.39 is 17.1 Å². The minimum Gasteiger partial charge on any atom is -0.397 e. The second-order valence-electron chi connectivity index (χ2n) is 12.5. The van der Waals surface area contributed by atoms with Crippen LogP contribution < -0.4 is 0 Å². The normalized spacial score (nSPS) is 38.8.